The monoisotopic (exact) mass is 384 g/mol. The molecular formula is C20H24N4O4. The van der Waals surface area contributed by atoms with Crippen molar-refractivity contribution in [2.24, 2.45) is 5.92 Å². The summed E-state index contributed by atoms with van der Waals surface area (Å²) in [6, 6.07) is 0. The normalized spacial score (nSPS) is 21.0. The largest absolute Gasteiger partial charge is 0.382 e. The SMILES string of the molecule is C#Cc1cn(C2(C#C)CCC(COC)O2)c2nc(N)[nH]c(=O)c12.CC(C)C=O. The summed E-state index contributed by atoms with van der Waals surface area (Å²) >= 11 is 0. The Kier molecular flexibility index (Phi) is 6.63. The van der Waals surface area contributed by atoms with E-state index in [1.165, 1.54) is 0 Å². The lowest BCUT2D eigenvalue weighted by Crippen LogP contribution is -2.33. The molecule has 1 fully saturated rings. The van der Waals surface area contributed by atoms with Gasteiger partial charge in [-0.1, -0.05) is 19.8 Å². The lowest BCUT2D eigenvalue weighted by Gasteiger charge is -2.26. The molecule has 2 aromatic rings. The van der Waals surface area contributed by atoms with E-state index >= 15 is 0 Å². The molecule has 8 heteroatoms. The van der Waals surface area contributed by atoms with Crippen molar-refractivity contribution in [3.05, 3.63) is 22.1 Å². The number of rotatable bonds is 4. The molecule has 0 saturated carbocycles. The van der Waals surface area contributed by atoms with Crippen LogP contribution in [0.25, 0.3) is 11.0 Å². The number of nitrogens with one attached hydrogen (secondary N) is 1. The van der Waals surface area contributed by atoms with Gasteiger partial charge in [0.05, 0.1) is 23.7 Å². The first-order chi connectivity index (χ1) is 13.3. The van der Waals surface area contributed by atoms with Gasteiger partial charge in [0.2, 0.25) is 11.7 Å². The highest BCUT2D eigenvalue weighted by atomic mass is 16.6. The van der Waals surface area contributed by atoms with Crippen LogP contribution >= 0.6 is 0 Å². The van der Waals surface area contributed by atoms with Gasteiger partial charge < -0.3 is 20.0 Å². The second-order valence-corrected chi connectivity index (χ2v) is 6.75. The topological polar surface area (TPSA) is 112 Å². The average Bonchev–Trinajstić information content (AvgIpc) is 3.24. The molecule has 0 aromatic carbocycles. The number of carbonyl (C=O) groups is 1. The zero-order valence-corrected chi connectivity index (χ0v) is 16.2. The number of nitrogens with zero attached hydrogens (tertiary/aromatic N) is 2. The van der Waals surface area contributed by atoms with Gasteiger partial charge in [-0.3, -0.25) is 14.3 Å². The maximum atomic E-state index is 12.2. The molecule has 0 aliphatic carbocycles. The van der Waals surface area contributed by atoms with Crippen LogP contribution in [0.5, 0.6) is 0 Å². The highest BCUT2D eigenvalue weighted by molar-refractivity contribution is 5.83. The minimum Gasteiger partial charge on any atom is -0.382 e. The smallest absolute Gasteiger partial charge is 0.263 e. The Morgan fingerprint density at radius 2 is 2.25 bits per heavy atom. The maximum Gasteiger partial charge on any atom is 0.263 e. The third-order valence-corrected chi connectivity index (χ3v) is 4.24. The quantitative estimate of drug-likeness (QED) is 0.606. The van der Waals surface area contributed by atoms with E-state index in [2.05, 4.69) is 21.8 Å². The van der Waals surface area contributed by atoms with Crippen LogP contribution in [0.15, 0.2) is 11.0 Å². The summed E-state index contributed by atoms with van der Waals surface area (Å²) in [5.74, 6) is 5.35. The molecule has 0 amide bonds. The molecule has 3 heterocycles. The van der Waals surface area contributed by atoms with E-state index in [1.807, 2.05) is 13.8 Å². The van der Waals surface area contributed by atoms with Crippen LogP contribution < -0.4 is 11.3 Å². The standard InChI is InChI=1S/C16H16N4O3.C4H8O/c1-4-10-8-20(13-12(10)14(21)19-15(17)18-13)16(5-2)7-6-11(23-16)9-22-3;1-4(2)3-5/h1-2,8,11H,6-7,9H2,3H3,(H3,17,18,19,21);3-4H,1-2H3. The Morgan fingerprint density at radius 3 is 2.79 bits per heavy atom. The predicted molar refractivity (Wildman–Crippen MR) is 106 cm³/mol. The van der Waals surface area contributed by atoms with Gasteiger partial charge in [0.1, 0.15) is 6.29 Å². The fraction of sp³-hybridized carbons (Fsp3) is 0.450. The molecule has 8 nitrogen and oxygen atoms in total. The van der Waals surface area contributed by atoms with E-state index in [9.17, 15) is 9.59 Å². The molecule has 0 bridgehead atoms. The van der Waals surface area contributed by atoms with Crippen molar-refractivity contribution < 1.29 is 14.3 Å². The summed E-state index contributed by atoms with van der Waals surface area (Å²) < 4.78 is 12.8. The maximum absolute atomic E-state index is 12.2. The Morgan fingerprint density at radius 1 is 1.57 bits per heavy atom. The molecule has 3 N–H and O–H groups in total. The third kappa shape index (κ3) is 4.09. The summed E-state index contributed by atoms with van der Waals surface area (Å²) in [6.07, 6.45) is 14.9. The van der Waals surface area contributed by atoms with Gasteiger partial charge in [-0.2, -0.15) is 4.98 Å². The molecule has 1 aliphatic rings. The summed E-state index contributed by atoms with van der Waals surface area (Å²) in [5, 5.41) is 0.273. The minimum absolute atomic E-state index is 0.0102. The number of aromatic nitrogens is 3. The molecule has 2 unspecified atom stereocenters. The van der Waals surface area contributed by atoms with E-state index in [1.54, 1.807) is 17.9 Å². The number of nitrogens with two attached hydrogens (primary N) is 1. The summed E-state index contributed by atoms with van der Waals surface area (Å²) in [5.41, 5.74) is 4.89. The summed E-state index contributed by atoms with van der Waals surface area (Å²) in [7, 11) is 1.60. The molecule has 148 valence electrons. The van der Waals surface area contributed by atoms with Crippen LogP contribution in [0.2, 0.25) is 0 Å². The Balaban J connectivity index is 0.000000500. The number of anilines is 1. The lowest BCUT2D eigenvalue weighted by molar-refractivity contribution is -0.110. The van der Waals surface area contributed by atoms with Gasteiger partial charge in [0, 0.05) is 25.6 Å². The number of aldehydes is 1. The van der Waals surface area contributed by atoms with Crippen LogP contribution in [0, 0.1) is 30.6 Å². The van der Waals surface area contributed by atoms with E-state index in [4.69, 9.17) is 28.1 Å². The van der Waals surface area contributed by atoms with Crippen LogP contribution in [0.3, 0.4) is 0 Å². The molecule has 0 radical (unpaired) electrons. The lowest BCUT2D eigenvalue weighted by atomic mass is 10.1. The zero-order valence-electron chi connectivity index (χ0n) is 16.2. The molecule has 1 saturated heterocycles. The average molecular weight is 384 g/mol. The number of methoxy groups -OCH3 is 1. The molecule has 28 heavy (non-hydrogen) atoms. The van der Waals surface area contributed by atoms with Crippen molar-refractivity contribution in [1.82, 2.24) is 14.5 Å². The van der Waals surface area contributed by atoms with Crippen molar-refractivity contribution in [3.8, 4) is 24.7 Å². The van der Waals surface area contributed by atoms with Crippen molar-refractivity contribution in [1.29, 1.82) is 0 Å². The fourth-order valence-corrected chi connectivity index (χ4v) is 2.94. The first kappa shape index (κ1) is 21.2. The van der Waals surface area contributed by atoms with Gasteiger partial charge in [-0.25, -0.2) is 0 Å². The Bertz CT molecular complexity index is 993. The molecule has 3 rings (SSSR count). The Hall–Kier alpha value is -3.07. The molecule has 1 aliphatic heterocycles. The van der Waals surface area contributed by atoms with Crippen LogP contribution in [0.4, 0.5) is 5.95 Å². The van der Waals surface area contributed by atoms with Crippen LogP contribution in [-0.2, 0) is 20.0 Å². The minimum atomic E-state index is -1.07. The van der Waals surface area contributed by atoms with E-state index < -0.39 is 11.3 Å². The third-order valence-electron chi connectivity index (χ3n) is 4.24. The second-order valence-electron chi connectivity index (χ2n) is 6.75. The number of hydrogen-bond acceptors (Lipinski definition) is 6. The predicted octanol–water partition coefficient (Wildman–Crippen LogP) is 1.24. The van der Waals surface area contributed by atoms with Crippen LogP contribution in [0.1, 0.15) is 32.3 Å². The van der Waals surface area contributed by atoms with E-state index in [-0.39, 0.29) is 23.4 Å². The number of nitrogen functional groups attached to an aromatic ring is 1. The highest BCUT2D eigenvalue weighted by Crippen LogP contribution is 2.37. The van der Waals surface area contributed by atoms with Crippen LogP contribution in [-0.4, -0.2) is 40.6 Å². The number of hydrogen-bond donors (Lipinski definition) is 2. The van der Waals surface area contributed by atoms with Gasteiger partial charge >= 0.3 is 0 Å². The summed E-state index contributed by atoms with van der Waals surface area (Å²) in [4.78, 5) is 28.3. The first-order valence-electron chi connectivity index (χ1n) is 8.79. The van der Waals surface area contributed by atoms with Gasteiger partial charge in [-0.05, 0) is 12.3 Å². The van der Waals surface area contributed by atoms with Crippen molar-refractivity contribution >= 4 is 23.3 Å². The fourth-order valence-electron chi connectivity index (χ4n) is 2.94. The van der Waals surface area contributed by atoms with Gasteiger partial charge in [0.25, 0.3) is 5.56 Å². The van der Waals surface area contributed by atoms with Crippen molar-refractivity contribution in [2.45, 2.75) is 38.5 Å². The first-order valence-corrected chi connectivity index (χ1v) is 8.79. The molecule has 2 aromatic heterocycles. The van der Waals surface area contributed by atoms with Crippen molar-refractivity contribution in [3.63, 3.8) is 0 Å². The van der Waals surface area contributed by atoms with E-state index in [0.29, 0.717) is 24.2 Å². The number of fused-ring (bicyclic) bond motifs is 1. The van der Waals surface area contributed by atoms with Crippen molar-refractivity contribution in [2.75, 3.05) is 19.5 Å². The zero-order chi connectivity index (χ0) is 20.9. The number of H-pyrrole nitrogens is 1. The van der Waals surface area contributed by atoms with Gasteiger partial charge in [-0.15, -0.1) is 12.8 Å². The number of ether oxygens (including phenoxy) is 2. The number of carbonyl (C=O) groups excluding carboxylic acids is 1. The molecular weight excluding hydrogens is 360 g/mol. The van der Waals surface area contributed by atoms with Gasteiger partial charge in [0.15, 0.2) is 5.65 Å². The second kappa shape index (κ2) is 8.75. The Labute approximate surface area is 163 Å². The van der Waals surface area contributed by atoms with E-state index in [0.717, 1.165) is 12.7 Å². The summed E-state index contributed by atoms with van der Waals surface area (Å²) in [6.45, 7) is 4.14. The highest BCUT2D eigenvalue weighted by Gasteiger charge is 2.42. The number of aromatic amines is 1. The number of terminal acetylenes is 2. The molecule has 0 spiro atoms. The molecule has 2 atom stereocenters.